The summed E-state index contributed by atoms with van der Waals surface area (Å²) in [6, 6.07) is 0. The molecule has 1 saturated heterocycles. The highest BCUT2D eigenvalue weighted by Crippen LogP contribution is 2.23. The van der Waals surface area contributed by atoms with Gasteiger partial charge in [0.05, 0.1) is 6.54 Å². The van der Waals surface area contributed by atoms with Crippen molar-refractivity contribution < 1.29 is 21.6 Å². The van der Waals surface area contributed by atoms with E-state index in [2.05, 4.69) is 0 Å². The van der Waals surface area contributed by atoms with Gasteiger partial charge >= 0.3 is 6.18 Å². The van der Waals surface area contributed by atoms with Gasteiger partial charge in [0, 0.05) is 33.7 Å². The van der Waals surface area contributed by atoms with Crippen LogP contribution in [0.4, 0.5) is 13.2 Å². The summed E-state index contributed by atoms with van der Waals surface area (Å²) >= 11 is 0. The zero-order valence-corrected chi connectivity index (χ0v) is 12.8. The van der Waals surface area contributed by atoms with Gasteiger partial charge in [0.25, 0.3) is 10.2 Å². The molecular weight excluding hydrogens is 295 g/mol. The van der Waals surface area contributed by atoms with Gasteiger partial charge in [0.1, 0.15) is 0 Å². The Hall–Kier alpha value is -0.380. The van der Waals surface area contributed by atoms with Gasteiger partial charge < -0.3 is 0 Å². The molecule has 0 N–H and O–H groups in total. The van der Waals surface area contributed by atoms with Crippen molar-refractivity contribution in [3.8, 4) is 0 Å². The average Bonchev–Trinajstić information content (AvgIpc) is 2.75. The minimum Gasteiger partial charge on any atom is -0.295 e. The van der Waals surface area contributed by atoms with Crippen LogP contribution in [0.15, 0.2) is 0 Å². The molecule has 1 fully saturated rings. The van der Waals surface area contributed by atoms with Gasteiger partial charge in [-0.3, -0.25) is 4.90 Å². The van der Waals surface area contributed by atoms with Crippen LogP contribution in [-0.2, 0) is 10.2 Å². The summed E-state index contributed by atoms with van der Waals surface area (Å²) in [6.07, 6.45) is -3.62. The van der Waals surface area contributed by atoms with E-state index >= 15 is 0 Å². The normalized spacial score (nSPS) is 22.1. The van der Waals surface area contributed by atoms with Crippen LogP contribution in [0.1, 0.15) is 13.3 Å². The van der Waals surface area contributed by atoms with Crippen LogP contribution < -0.4 is 0 Å². The molecule has 1 rings (SSSR count). The van der Waals surface area contributed by atoms with E-state index in [9.17, 15) is 21.6 Å². The lowest BCUT2D eigenvalue weighted by Gasteiger charge is -2.25. The zero-order chi connectivity index (χ0) is 15.6. The summed E-state index contributed by atoms with van der Waals surface area (Å²) < 4.78 is 63.5. The van der Waals surface area contributed by atoms with Crippen LogP contribution >= 0.6 is 0 Å². The highest BCUT2D eigenvalue weighted by Gasteiger charge is 2.35. The van der Waals surface area contributed by atoms with Crippen molar-refractivity contribution in [1.29, 1.82) is 0 Å². The van der Waals surface area contributed by atoms with Crippen molar-refractivity contribution >= 4 is 10.2 Å². The predicted molar refractivity (Wildman–Crippen MR) is 70.5 cm³/mol. The predicted octanol–water partition coefficient (Wildman–Crippen LogP) is 0.999. The smallest absolute Gasteiger partial charge is 0.295 e. The fourth-order valence-electron chi connectivity index (χ4n) is 2.31. The number of rotatable bonds is 6. The summed E-state index contributed by atoms with van der Waals surface area (Å²) in [5, 5.41) is 0. The van der Waals surface area contributed by atoms with Gasteiger partial charge in [-0.05, 0) is 18.9 Å². The molecule has 1 unspecified atom stereocenters. The molecular formula is C11H22F3N3O2S. The maximum atomic E-state index is 12.4. The van der Waals surface area contributed by atoms with E-state index in [4.69, 9.17) is 0 Å². The molecule has 1 aliphatic heterocycles. The molecule has 0 radical (unpaired) electrons. The monoisotopic (exact) mass is 317 g/mol. The van der Waals surface area contributed by atoms with Crippen molar-refractivity contribution in [1.82, 2.24) is 13.5 Å². The number of halogens is 3. The van der Waals surface area contributed by atoms with E-state index < -0.39 is 22.9 Å². The number of nitrogens with zero attached hydrogens (tertiary/aromatic N) is 3. The Labute approximate surface area is 118 Å². The second-order valence-electron chi connectivity index (χ2n) is 5.25. The first-order valence-electron chi connectivity index (χ1n) is 6.53. The maximum Gasteiger partial charge on any atom is 0.401 e. The molecule has 1 aliphatic rings. The Morgan fingerprint density at radius 3 is 2.35 bits per heavy atom. The third-order valence-corrected chi connectivity index (χ3v) is 5.31. The van der Waals surface area contributed by atoms with E-state index in [0.29, 0.717) is 19.5 Å². The zero-order valence-electron chi connectivity index (χ0n) is 12.0. The lowest BCUT2D eigenvalue weighted by molar-refractivity contribution is -0.146. The molecule has 0 spiro atoms. The highest BCUT2D eigenvalue weighted by atomic mass is 32.2. The first kappa shape index (κ1) is 17.7. The lowest BCUT2D eigenvalue weighted by atomic mass is 10.1. The number of alkyl halides is 3. The van der Waals surface area contributed by atoms with Gasteiger partial charge in [0.2, 0.25) is 0 Å². The highest BCUT2D eigenvalue weighted by molar-refractivity contribution is 7.86. The minimum absolute atomic E-state index is 0.0491. The summed E-state index contributed by atoms with van der Waals surface area (Å²) in [6.45, 7) is 1.96. The fraction of sp³-hybridized carbons (Fsp3) is 1.00. The van der Waals surface area contributed by atoms with Crippen molar-refractivity contribution in [3.05, 3.63) is 0 Å². The lowest BCUT2D eigenvalue weighted by Crippen LogP contribution is -2.40. The average molecular weight is 317 g/mol. The SMILES string of the molecule is CCN(CC1CCN(S(=O)(=O)N(C)C)C1)CC(F)(F)F. The van der Waals surface area contributed by atoms with Gasteiger partial charge in [0.15, 0.2) is 0 Å². The van der Waals surface area contributed by atoms with Gasteiger partial charge in [-0.25, -0.2) is 0 Å². The number of hydrogen-bond acceptors (Lipinski definition) is 3. The summed E-state index contributed by atoms with van der Waals surface area (Å²) in [7, 11) is -0.563. The molecule has 120 valence electrons. The second-order valence-corrected chi connectivity index (χ2v) is 7.39. The first-order chi connectivity index (χ1) is 9.06. The third kappa shape index (κ3) is 4.87. The molecule has 0 saturated carbocycles. The molecule has 0 aliphatic carbocycles. The summed E-state index contributed by atoms with van der Waals surface area (Å²) in [5.74, 6) is -0.0491. The van der Waals surface area contributed by atoms with Crippen LogP contribution in [-0.4, -0.2) is 74.9 Å². The van der Waals surface area contributed by atoms with Crippen molar-refractivity contribution in [2.24, 2.45) is 5.92 Å². The molecule has 0 amide bonds. The molecule has 0 aromatic heterocycles. The standard InChI is InChI=1S/C11H22F3N3O2S/c1-4-16(9-11(12,13)14)7-10-5-6-17(8-10)20(18,19)15(2)3/h10H,4-9H2,1-3H3. The summed E-state index contributed by atoms with van der Waals surface area (Å²) in [4.78, 5) is 1.32. The molecule has 9 heteroatoms. The van der Waals surface area contributed by atoms with Crippen molar-refractivity contribution in [2.45, 2.75) is 19.5 Å². The number of hydrogen-bond donors (Lipinski definition) is 0. The van der Waals surface area contributed by atoms with Crippen LogP contribution in [0.3, 0.4) is 0 Å². The first-order valence-corrected chi connectivity index (χ1v) is 7.92. The summed E-state index contributed by atoms with van der Waals surface area (Å²) in [5.41, 5.74) is 0. The molecule has 0 aromatic rings. The third-order valence-electron chi connectivity index (χ3n) is 3.40. The Morgan fingerprint density at radius 1 is 1.30 bits per heavy atom. The largest absolute Gasteiger partial charge is 0.401 e. The van der Waals surface area contributed by atoms with E-state index in [1.165, 1.54) is 23.3 Å². The molecule has 5 nitrogen and oxygen atoms in total. The van der Waals surface area contributed by atoms with Crippen LogP contribution in [0.5, 0.6) is 0 Å². The van der Waals surface area contributed by atoms with Gasteiger partial charge in [-0.1, -0.05) is 6.92 Å². The van der Waals surface area contributed by atoms with Crippen LogP contribution in [0, 0.1) is 5.92 Å². The van der Waals surface area contributed by atoms with Crippen LogP contribution in [0.25, 0.3) is 0 Å². The van der Waals surface area contributed by atoms with E-state index in [-0.39, 0.29) is 19.0 Å². The quantitative estimate of drug-likeness (QED) is 0.734. The Morgan fingerprint density at radius 2 is 1.90 bits per heavy atom. The molecule has 1 heterocycles. The maximum absolute atomic E-state index is 12.4. The molecule has 0 aromatic carbocycles. The van der Waals surface area contributed by atoms with Gasteiger partial charge in [-0.2, -0.15) is 30.2 Å². The second kappa shape index (κ2) is 6.59. The van der Waals surface area contributed by atoms with Crippen LogP contribution in [0.2, 0.25) is 0 Å². The topological polar surface area (TPSA) is 43.9 Å². The van der Waals surface area contributed by atoms with E-state index in [1.54, 1.807) is 6.92 Å². The van der Waals surface area contributed by atoms with E-state index in [0.717, 1.165) is 4.31 Å². The van der Waals surface area contributed by atoms with E-state index in [1.807, 2.05) is 0 Å². The van der Waals surface area contributed by atoms with Crippen molar-refractivity contribution in [3.63, 3.8) is 0 Å². The Bertz CT molecular complexity index is 412. The molecule has 1 atom stereocenters. The molecule has 0 bridgehead atoms. The van der Waals surface area contributed by atoms with Gasteiger partial charge in [-0.15, -0.1) is 0 Å². The Kier molecular flexibility index (Phi) is 5.82. The minimum atomic E-state index is -4.22. The fourth-order valence-corrected chi connectivity index (χ4v) is 3.51. The molecule has 20 heavy (non-hydrogen) atoms. The van der Waals surface area contributed by atoms with Crippen molar-refractivity contribution in [2.75, 3.05) is 46.8 Å². The Balaban J connectivity index is 2.56.